The Kier molecular flexibility index (Phi) is 5.09. The monoisotopic (exact) mass is 307 g/mol. The standard InChI is InChI=1S/C20H21NO2/c1-16-7-4-10-18(15-16)22-13-2-3-14-23-19-11-5-8-17-9-6-12-21-20(17)19/h4-12,15H,2-3,13-14H2,1H3. The minimum absolute atomic E-state index is 0.673. The molecule has 1 heterocycles. The van der Waals surface area contributed by atoms with Gasteiger partial charge in [0.05, 0.1) is 13.2 Å². The molecule has 1 aromatic heterocycles. The van der Waals surface area contributed by atoms with Gasteiger partial charge in [-0.3, -0.25) is 4.98 Å². The Bertz CT molecular complexity index is 765. The number of aromatic nitrogens is 1. The number of aryl methyl sites for hydroxylation is 1. The quantitative estimate of drug-likeness (QED) is 0.589. The number of rotatable bonds is 7. The van der Waals surface area contributed by atoms with Gasteiger partial charge in [-0.05, 0) is 49.6 Å². The van der Waals surface area contributed by atoms with Crippen molar-refractivity contribution in [3.63, 3.8) is 0 Å². The largest absolute Gasteiger partial charge is 0.494 e. The average molecular weight is 307 g/mol. The Morgan fingerprint density at radius 3 is 2.52 bits per heavy atom. The highest BCUT2D eigenvalue weighted by Gasteiger charge is 2.02. The lowest BCUT2D eigenvalue weighted by Gasteiger charge is -2.09. The summed E-state index contributed by atoms with van der Waals surface area (Å²) in [5.41, 5.74) is 2.14. The van der Waals surface area contributed by atoms with Gasteiger partial charge in [0.15, 0.2) is 0 Å². The highest BCUT2D eigenvalue weighted by Crippen LogP contribution is 2.23. The topological polar surface area (TPSA) is 31.4 Å². The number of para-hydroxylation sites is 1. The summed E-state index contributed by atoms with van der Waals surface area (Å²) < 4.78 is 11.6. The zero-order valence-corrected chi connectivity index (χ0v) is 13.4. The number of benzene rings is 2. The van der Waals surface area contributed by atoms with Crippen LogP contribution in [0.2, 0.25) is 0 Å². The third-order valence-corrected chi connectivity index (χ3v) is 3.65. The van der Waals surface area contributed by atoms with Gasteiger partial charge in [-0.1, -0.05) is 30.3 Å². The van der Waals surface area contributed by atoms with Crippen LogP contribution in [-0.2, 0) is 0 Å². The normalized spacial score (nSPS) is 10.7. The number of unbranched alkanes of at least 4 members (excludes halogenated alkanes) is 1. The molecule has 0 saturated heterocycles. The molecule has 0 fully saturated rings. The number of pyridine rings is 1. The molecule has 118 valence electrons. The van der Waals surface area contributed by atoms with Crippen molar-refractivity contribution in [1.29, 1.82) is 0 Å². The number of fused-ring (bicyclic) bond motifs is 1. The van der Waals surface area contributed by atoms with Gasteiger partial charge >= 0.3 is 0 Å². The molecule has 0 unspecified atom stereocenters. The molecule has 3 nitrogen and oxygen atoms in total. The van der Waals surface area contributed by atoms with Crippen LogP contribution in [0.1, 0.15) is 18.4 Å². The smallest absolute Gasteiger partial charge is 0.145 e. The number of hydrogen-bond acceptors (Lipinski definition) is 3. The fourth-order valence-electron chi connectivity index (χ4n) is 2.47. The summed E-state index contributed by atoms with van der Waals surface area (Å²) in [6, 6.07) is 18.1. The summed E-state index contributed by atoms with van der Waals surface area (Å²) in [6.45, 7) is 3.45. The molecule has 0 N–H and O–H groups in total. The average Bonchev–Trinajstić information content (AvgIpc) is 2.58. The first-order chi connectivity index (χ1) is 11.3. The maximum Gasteiger partial charge on any atom is 0.145 e. The first-order valence-corrected chi connectivity index (χ1v) is 7.99. The lowest BCUT2D eigenvalue weighted by Crippen LogP contribution is -2.03. The summed E-state index contributed by atoms with van der Waals surface area (Å²) >= 11 is 0. The van der Waals surface area contributed by atoms with E-state index in [1.807, 2.05) is 42.5 Å². The van der Waals surface area contributed by atoms with E-state index in [-0.39, 0.29) is 0 Å². The molecule has 0 saturated carbocycles. The Balaban J connectivity index is 1.43. The molecule has 0 spiro atoms. The van der Waals surface area contributed by atoms with Crippen LogP contribution in [0.4, 0.5) is 0 Å². The van der Waals surface area contributed by atoms with Gasteiger partial charge in [0.2, 0.25) is 0 Å². The van der Waals surface area contributed by atoms with Crippen LogP contribution in [0.25, 0.3) is 10.9 Å². The predicted octanol–water partition coefficient (Wildman–Crippen LogP) is 4.78. The first-order valence-electron chi connectivity index (χ1n) is 7.99. The Hall–Kier alpha value is -2.55. The van der Waals surface area contributed by atoms with E-state index in [2.05, 4.69) is 24.0 Å². The number of ether oxygens (including phenoxy) is 2. The van der Waals surface area contributed by atoms with E-state index in [4.69, 9.17) is 9.47 Å². The van der Waals surface area contributed by atoms with Crippen molar-refractivity contribution >= 4 is 10.9 Å². The Labute approximate surface area is 136 Å². The number of nitrogens with zero attached hydrogens (tertiary/aromatic N) is 1. The Morgan fingerprint density at radius 1 is 0.870 bits per heavy atom. The molecule has 23 heavy (non-hydrogen) atoms. The first kappa shape index (κ1) is 15.3. The summed E-state index contributed by atoms with van der Waals surface area (Å²) in [4.78, 5) is 4.39. The fraction of sp³-hybridized carbons (Fsp3) is 0.250. The minimum Gasteiger partial charge on any atom is -0.494 e. The van der Waals surface area contributed by atoms with Gasteiger partial charge in [-0.15, -0.1) is 0 Å². The van der Waals surface area contributed by atoms with Crippen molar-refractivity contribution in [3.8, 4) is 11.5 Å². The van der Waals surface area contributed by atoms with E-state index in [9.17, 15) is 0 Å². The molecular weight excluding hydrogens is 286 g/mol. The van der Waals surface area contributed by atoms with Crippen LogP contribution in [0.5, 0.6) is 11.5 Å². The molecule has 0 amide bonds. The van der Waals surface area contributed by atoms with E-state index in [0.717, 1.165) is 35.2 Å². The van der Waals surface area contributed by atoms with Crippen molar-refractivity contribution in [2.75, 3.05) is 13.2 Å². The molecule has 0 atom stereocenters. The second-order valence-electron chi connectivity index (χ2n) is 5.55. The van der Waals surface area contributed by atoms with Crippen LogP contribution in [-0.4, -0.2) is 18.2 Å². The van der Waals surface area contributed by atoms with E-state index in [1.165, 1.54) is 5.56 Å². The molecule has 3 rings (SSSR count). The van der Waals surface area contributed by atoms with Crippen LogP contribution >= 0.6 is 0 Å². The van der Waals surface area contributed by atoms with Crippen LogP contribution in [0.3, 0.4) is 0 Å². The molecule has 0 aliphatic rings. The zero-order valence-electron chi connectivity index (χ0n) is 13.4. The molecular formula is C20H21NO2. The van der Waals surface area contributed by atoms with E-state index >= 15 is 0 Å². The lowest BCUT2D eigenvalue weighted by molar-refractivity contribution is 0.267. The van der Waals surface area contributed by atoms with Gasteiger partial charge in [0.25, 0.3) is 0 Å². The highest BCUT2D eigenvalue weighted by molar-refractivity contribution is 5.84. The van der Waals surface area contributed by atoms with Gasteiger partial charge in [0, 0.05) is 11.6 Å². The van der Waals surface area contributed by atoms with Crippen molar-refractivity contribution in [2.45, 2.75) is 19.8 Å². The maximum absolute atomic E-state index is 5.87. The summed E-state index contributed by atoms with van der Waals surface area (Å²) in [5, 5.41) is 1.10. The van der Waals surface area contributed by atoms with Gasteiger partial charge in [0.1, 0.15) is 17.0 Å². The molecule has 0 bridgehead atoms. The second kappa shape index (κ2) is 7.63. The van der Waals surface area contributed by atoms with Crippen molar-refractivity contribution < 1.29 is 9.47 Å². The summed E-state index contributed by atoms with van der Waals surface area (Å²) in [5.74, 6) is 1.78. The van der Waals surface area contributed by atoms with E-state index < -0.39 is 0 Å². The number of hydrogen-bond donors (Lipinski definition) is 0. The summed E-state index contributed by atoms with van der Waals surface area (Å²) in [6.07, 6.45) is 3.71. The minimum atomic E-state index is 0.673. The third-order valence-electron chi connectivity index (χ3n) is 3.65. The molecule has 3 aromatic rings. The van der Waals surface area contributed by atoms with E-state index in [1.54, 1.807) is 6.20 Å². The van der Waals surface area contributed by atoms with Gasteiger partial charge in [-0.2, -0.15) is 0 Å². The molecule has 0 aliphatic carbocycles. The lowest BCUT2D eigenvalue weighted by atomic mass is 10.2. The van der Waals surface area contributed by atoms with Crippen LogP contribution in [0.15, 0.2) is 60.8 Å². The summed E-state index contributed by atoms with van der Waals surface area (Å²) in [7, 11) is 0. The van der Waals surface area contributed by atoms with E-state index in [0.29, 0.717) is 13.2 Å². The molecule has 2 aromatic carbocycles. The van der Waals surface area contributed by atoms with Crippen LogP contribution < -0.4 is 9.47 Å². The fourth-order valence-corrected chi connectivity index (χ4v) is 2.47. The highest BCUT2D eigenvalue weighted by atomic mass is 16.5. The second-order valence-corrected chi connectivity index (χ2v) is 5.55. The van der Waals surface area contributed by atoms with Gasteiger partial charge < -0.3 is 9.47 Å². The zero-order chi connectivity index (χ0) is 15.9. The van der Waals surface area contributed by atoms with Gasteiger partial charge in [-0.25, -0.2) is 0 Å². The maximum atomic E-state index is 5.87. The molecule has 0 radical (unpaired) electrons. The van der Waals surface area contributed by atoms with Crippen molar-refractivity contribution in [3.05, 3.63) is 66.4 Å². The molecule has 3 heteroatoms. The SMILES string of the molecule is Cc1cccc(OCCCCOc2cccc3cccnc23)c1. The predicted molar refractivity (Wildman–Crippen MR) is 93.1 cm³/mol. The van der Waals surface area contributed by atoms with Crippen LogP contribution in [0, 0.1) is 6.92 Å². The van der Waals surface area contributed by atoms with Crippen molar-refractivity contribution in [1.82, 2.24) is 4.98 Å². The molecule has 0 aliphatic heterocycles. The van der Waals surface area contributed by atoms with Crippen molar-refractivity contribution in [2.24, 2.45) is 0 Å². The third kappa shape index (κ3) is 4.22. The Morgan fingerprint density at radius 2 is 1.65 bits per heavy atom.